The Morgan fingerprint density at radius 2 is 2.00 bits per heavy atom. The number of carbonyl (C=O) groups excluding carboxylic acids is 1. The Labute approximate surface area is 97.6 Å². The summed E-state index contributed by atoms with van der Waals surface area (Å²) in [4.78, 5) is 11.2. The zero-order valence-electron chi connectivity index (χ0n) is 10.8. The van der Waals surface area contributed by atoms with Crippen molar-refractivity contribution in [2.24, 2.45) is 0 Å². The molecule has 0 fully saturated rings. The Kier molecular flexibility index (Phi) is 3.74. The van der Waals surface area contributed by atoms with Gasteiger partial charge in [-0.2, -0.15) is 0 Å². The Morgan fingerprint density at radius 3 is 2.44 bits per heavy atom. The summed E-state index contributed by atoms with van der Waals surface area (Å²) in [5.41, 5.74) is 2.27. The highest BCUT2D eigenvalue weighted by Crippen LogP contribution is 2.31. The molecule has 0 unspecified atom stereocenters. The largest absolute Gasteiger partial charge is 0.497 e. The summed E-state index contributed by atoms with van der Waals surface area (Å²) in [5.74, 6) is 1.08. The highest BCUT2D eigenvalue weighted by atomic mass is 16.5. The molecular formula is C14H20O2. The van der Waals surface area contributed by atoms with Crippen molar-refractivity contribution in [3.63, 3.8) is 0 Å². The predicted octanol–water partition coefficient (Wildman–Crippen LogP) is 3.26. The summed E-state index contributed by atoms with van der Waals surface area (Å²) < 4.78 is 5.18. The van der Waals surface area contributed by atoms with E-state index in [2.05, 4.69) is 26.8 Å². The summed E-state index contributed by atoms with van der Waals surface area (Å²) in [6.07, 6.45) is 0.570. The molecule has 1 aromatic carbocycles. The molecule has 1 aromatic rings. The number of carbonyl (C=O) groups is 1. The van der Waals surface area contributed by atoms with Gasteiger partial charge in [-0.05, 0) is 42.5 Å². The van der Waals surface area contributed by atoms with Crippen LogP contribution < -0.4 is 4.74 Å². The second-order valence-electron chi connectivity index (χ2n) is 4.94. The molecule has 0 amide bonds. The summed E-state index contributed by atoms with van der Waals surface area (Å²) in [7, 11) is 1.66. The lowest BCUT2D eigenvalue weighted by molar-refractivity contribution is -0.118. The minimum atomic E-state index is -0.109. The highest BCUT2D eigenvalue weighted by Gasteiger charge is 2.24. The van der Waals surface area contributed by atoms with Crippen molar-refractivity contribution < 1.29 is 9.53 Å². The van der Waals surface area contributed by atoms with Crippen LogP contribution in [-0.2, 0) is 10.2 Å². The number of hydrogen-bond acceptors (Lipinski definition) is 2. The molecule has 0 N–H and O–H groups in total. The fourth-order valence-corrected chi connectivity index (χ4v) is 2.24. The third kappa shape index (κ3) is 2.84. The van der Waals surface area contributed by atoms with Crippen molar-refractivity contribution in [3.05, 3.63) is 29.3 Å². The van der Waals surface area contributed by atoms with Crippen molar-refractivity contribution in [2.75, 3.05) is 7.11 Å². The maximum absolute atomic E-state index is 11.2. The molecule has 2 nitrogen and oxygen atoms in total. The molecule has 0 bridgehead atoms. The van der Waals surface area contributed by atoms with Gasteiger partial charge >= 0.3 is 0 Å². The van der Waals surface area contributed by atoms with Crippen LogP contribution in [0.3, 0.4) is 0 Å². The molecule has 0 aromatic heterocycles. The molecule has 0 saturated heterocycles. The summed E-state index contributed by atoms with van der Waals surface area (Å²) in [6.45, 7) is 7.90. The minimum Gasteiger partial charge on any atom is -0.497 e. The molecule has 88 valence electrons. The van der Waals surface area contributed by atoms with Gasteiger partial charge in [-0.25, -0.2) is 0 Å². The number of aryl methyl sites for hydroxylation is 1. The zero-order valence-corrected chi connectivity index (χ0v) is 10.8. The van der Waals surface area contributed by atoms with Crippen LogP contribution in [0.4, 0.5) is 0 Å². The second kappa shape index (κ2) is 4.69. The van der Waals surface area contributed by atoms with Crippen LogP contribution in [0.2, 0.25) is 0 Å². The van der Waals surface area contributed by atoms with E-state index in [1.165, 1.54) is 11.1 Å². The summed E-state index contributed by atoms with van der Waals surface area (Å²) >= 11 is 0. The van der Waals surface area contributed by atoms with E-state index in [0.717, 1.165) is 5.75 Å². The predicted molar refractivity (Wildman–Crippen MR) is 66.1 cm³/mol. The fraction of sp³-hybridized carbons (Fsp3) is 0.500. The molecule has 0 aliphatic rings. The lowest BCUT2D eigenvalue weighted by Gasteiger charge is -2.26. The van der Waals surface area contributed by atoms with E-state index in [1.807, 2.05) is 12.1 Å². The van der Waals surface area contributed by atoms with Crippen LogP contribution in [0.15, 0.2) is 18.2 Å². The van der Waals surface area contributed by atoms with Gasteiger partial charge in [0.2, 0.25) is 0 Å². The Balaban J connectivity index is 3.08. The molecule has 2 heteroatoms. The average Bonchev–Trinajstić information content (AvgIpc) is 2.14. The third-order valence-corrected chi connectivity index (χ3v) is 2.85. The zero-order chi connectivity index (χ0) is 12.3. The molecule has 0 aliphatic carbocycles. The van der Waals surface area contributed by atoms with Gasteiger partial charge in [0, 0.05) is 6.42 Å². The quantitative estimate of drug-likeness (QED) is 0.778. The van der Waals surface area contributed by atoms with Gasteiger partial charge in [0.05, 0.1) is 7.11 Å². The molecule has 1 rings (SSSR count). The maximum Gasteiger partial charge on any atom is 0.130 e. The normalized spacial score (nSPS) is 11.3. The Morgan fingerprint density at radius 1 is 1.38 bits per heavy atom. The molecule has 0 heterocycles. The van der Waals surface area contributed by atoms with Crippen molar-refractivity contribution in [2.45, 2.75) is 39.5 Å². The molecule has 0 aliphatic heterocycles. The molecule has 0 radical (unpaired) electrons. The van der Waals surface area contributed by atoms with E-state index in [9.17, 15) is 4.79 Å². The number of ether oxygens (including phenoxy) is 1. The lowest BCUT2D eigenvalue weighted by atomic mass is 9.78. The van der Waals surface area contributed by atoms with Gasteiger partial charge in [0.25, 0.3) is 0 Å². The molecule has 16 heavy (non-hydrogen) atoms. The van der Waals surface area contributed by atoms with Crippen LogP contribution >= 0.6 is 0 Å². The van der Waals surface area contributed by atoms with Gasteiger partial charge < -0.3 is 4.74 Å². The number of Topliss-reactive ketones (excluding diaryl/α,β-unsaturated/α-hetero) is 1. The van der Waals surface area contributed by atoms with Crippen LogP contribution in [0, 0.1) is 6.92 Å². The number of methoxy groups -OCH3 is 1. The number of benzene rings is 1. The number of hydrogen-bond donors (Lipinski definition) is 0. The van der Waals surface area contributed by atoms with Gasteiger partial charge in [-0.3, -0.25) is 4.79 Å². The third-order valence-electron chi connectivity index (χ3n) is 2.85. The maximum atomic E-state index is 11.2. The van der Waals surface area contributed by atoms with Crippen molar-refractivity contribution >= 4 is 5.78 Å². The first-order chi connectivity index (χ1) is 7.36. The van der Waals surface area contributed by atoms with Crippen LogP contribution in [-0.4, -0.2) is 12.9 Å². The van der Waals surface area contributed by atoms with E-state index < -0.39 is 0 Å². The fourth-order valence-electron chi connectivity index (χ4n) is 2.24. The first-order valence-corrected chi connectivity index (χ1v) is 5.51. The van der Waals surface area contributed by atoms with Gasteiger partial charge in [-0.1, -0.05) is 19.9 Å². The Bertz CT molecular complexity index is 392. The summed E-state index contributed by atoms with van der Waals surface area (Å²) in [5, 5.41) is 0. The van der Waals surface area contributed by atoms with Gasteiger partial charge in [0.1, 0.15) is 11.5 Å². The SMILES string of the molecule is COc1ccc(C(C)(C)CC(C)=O)c(C)c1. The van der Waals surface area contributed by atoms with Crippen LogP contribution in [0.5, 0.6) is 5.75 Å². The van der Waals surface area contributed by atoms with Crippen molar-refractivity contribution in [1.82, 2.24) is 0 Å². The van der Waals surface area contributed by atoms with Crippen molar-refractivity contribution in [1.29, 1.82) is 0 Å². The van der Waals surface area contributed by atoms with Gasteiger partial charge in [0.15, 0.2) is 0 Å². The molecule has 0 saturated carbocycles. The first kappa shape index (κ1) is 12.8. The number of ketones is 1. The summed E-state index contributed by atoms with van der Waals surface area (Å²) in [6, 6.07) is 6.01. The minimum absolute atomic E-state index is 0.109. The van der Waals surface area contributed by atoms with E-state index in [-0.39, 0.29) is 11.2 Å². The number of rotatable bonds is 4. The molecule has 0 atom stereocenters. The standard InChI is InChI=1S/C14H20O2/c1-10-8-12(16-5)6-7-13(10)14(3,4)9-11(2)15/h6-8H,9H2,1-5H3. The van der Waals surface area contributed by atoms with E-state index >= 15 is 0 Å². The first-order valence-electron chi connectivity index (χ1n) is 5.51. The Hall–Kier alpha value is -1.31. The van der Waals surface area contributed by atoms with E-state index in [0.29, 0.717) is 6.42 Å². The monoisotopic (exact) mass is 220 g/mol. The molecular weight excluding hydrogens is 200 g/mol. The lowest BCUT2D eigenvalue weighted by Crippen LogP contribution is -2.21. The van der Waals surface area contributed by atoms with Crippen LogP contribution in [0.25, 0.3) is 0 Å². The second-order valence-corrected chi connectivity index (χ2v) is 4.94. The molecule has 0 spiro atoms. The smallest absolute Gasteiger partial charge is 0.130 e. The van der Waals surface area contributed by atoms with Crippen molar-refractivity contribution in [3.8, 4) is 5.75 Å². The van der Waals surface area contributed by atoms with Crippen LogP contribution in [0.1, 0.15) is 38.3 Å². The van der Waals surface area contributed by atoms with E-state index in [4.69, 9.17) is 4.74 Å². The van der Waals surface area contributed by atoms with Gasteiger partial charge in [-0.15, -0.1) is 0 Å². The average molecular weight is 220 g/mol. The highest BCUT2D eigenvalue weighted by molar-refractivity contribution is 5.77. The topological polar surface area (TPSA) is 26.3 Å². The van der Waals surface area contributed by atoms with E-state index in [1.54, 1.807) is 14.0 Å².